The summed E-state index contributed by atoms with van der Waals surface area (Å²) >= 11 is 0. The number of carbonyl (C=O) groups excluding carboxylic acids is 2. The van der Waals surface area contributed by atoms with Gasteiger partial charge in [-0.3, -0.25) is 9.59 Å². The normalized spacial score (nSPS) is 24.1. The zero-order chi connectivity index (χ0) is 24.8. The van der Waals surface area contributed by atoms with E-state index in [1.54, 1.807) is 12.3 Å². The minimum atomic E-state index is -1.07. The van der Waals surface area contributed by atoms with Gasteiger partial charge in [0, 0.05) is 30.9 Å². The molecule has 1 aromatic heterocycles. The molecular formula is C26H35FN6O2. The number of pyridine rings is 1. The molecule has 9 heteroatoms. The molecule has 2 saturated heterocycles. The number of carbonyl (C=O) groups is 2. The fourth-order valence-corrected chi connectivity index (χ4v) is 4.70. The van der Waals surface area contributed by atoms with Crippen LogP contribution in [0.5, 0.6) is 0 Å². The van der Waals surface area contributed by atoms with Gasteiger partial charge in [0.05, 0.1) is 23.5 Å². The number of halogens is 1. The maximum atomic E-state index is 14.5. The zero-order valence-corrected chi connectivity index (χ0v) is 20.3. The molecule has 1 aromatic rings. The topological polar surface area (TPSA) is 112 Å². The minimum Gasteiger partial charge on any atom is -0.379 e. The molecule has 2 atom stereocenters. The van der Waals surface area contributed by atoms with E-state index in [2.05, 4.69) is 20.9 Å². The predicted molar refractivity (Wildman–Crippen MR) is 135 cm³/mol. The van der Waals surface area contributed by atoms with Crippen molar-refractivity contribution in [3.05, 3.63) is 53.0 Å². The summed E-state index contributed by atoms with van der Waals surface area (Å²) in [6.07, 6.45) is 9.87. The molecule has 3 aliphatic rings. The van der Waals surface area contributed by atoms with Crippen LogP contribution in [0.2, 0.25) is 0 Å². The Labute approximate surface area is 205 Å². The maximum absolute atomic E-state index is 14.5. The second-order valence-corrected chi connectivity index (χ2v) is 9.49. The van der Waals surface area contributed by atoms with Gasteiger partial charge < -0.3 is 26.6 Å². The number of alkyl halides is 1. The molecule has 35 heavy (non-hydrogen) atoms. The fourth-order valence-electron chi connectivity index (χ4n) is 4.70. The molecule has 0 radical (unpaired) electrons. The van der Waals surface area contributed by atoms with E-state index in [9.17, 15) is 14.0 Å². The number of aromatic nitrogens is 1. The maximum Gasteiger partial charge on any atom is 0.250 e. The SMILES string of the molecule is CC1=CC(C(N)=O)=C(N[C@@H]2CCNC[C@@H]2F)C=C(Nc2ccc(N3CCCCCC3=O)cn2)CC1. The van der Waals surface area contributed by atoms with Crippen LogP contribution in [0.15, 0.2) is 53.0 Å². The van der Waals surface area contributed by atoms with Crippen LogP contribution in [0.1, 0.15) is 51.9 Å². The Hall–Kier alpha value is -3.20. The summed E-state index contributed by atoms with van der Waals surface area (Å²) in [5, 5.41) is 9.64. The Bertz CT molecular complexity index is 1030. The second-order valence-electron chi connectivity index (χ2n) is 9.49. The fraction of sp³-hybridized carbons (Fsp3) is 0.500. The summed E-state index contributed by atoms with van der Waals surface area (Å²) < 4.78 is 14.5. The van der Waals surface area contributed by atoms with Crippen molar-refractivity contribution in [3.8, 4) is 0 Å². The van der Waals surface area contributed by atoms with Gasteiger partial charge in [0.2, 0.25) is 5.91 Å². The molecule has 0 saturated carbocycles. The zero-order valence-electron chi connectivity index (χ0n) is 20.3. The van der Waals surface area contributed by atoms with Crippen molar-refractivity contribution in [2.45, 2.75) is 64.1 Å². The van der Waals surface area contributed by atoms with Crippen molar-refractivity contribution in [2.24, 2.45) is 5.73 Å². The van der Waals surface area contributed by atoms with Crippen molar-refractivity contribution >= 4 is 23.3 Å². The Kier molecular flexibility index (Phi) is 8.17. The van der Waals surface area contributed by atoms with Crippen LogP contribution in [0.3, 0.4) is 0 Å². The molecule has 2 fully saturated rings. The van der Waals surface area contributed by atoms with E-state index < -0.39 is 18.1 Å². The second kappa shape index (κ2) is 11.5. The van der Waals surface area contributed by atoms with Crippen molar-refractivity contribution in [1.29, 1.82) is 0 Å². The molecule has 5 N–H and O–H groups in total. The van der Waals surface area contributed by atoms with Crippen LogP contribution in [0, 0.1) is 0 Å². The first kappa shape index (κ1) is 24.9. The monoisotopic (exact) mass is 482 g/mol. The van der Waals surface area contributed by atoms with Gasteiger partial charge >= 0.3 is 0 Å². The van der Waals surface area contributed by atoms with E-state index in [1.807, 2.05) is 30.0 Å². The third-order valence-corrected chi connectivity index (χ3v) is 6.72. The van der Waals surface area contributed by atoms with E-state index in [-0.39, 0.29) is 12.5 Å². The first-order valence-electron chi connectivity index (χ1n) is 12.5. The highest BCUT2D eigenvalue weighted by molar-refractivity contribution is 5.96. The molecule has 0 bridgehead atoms. The molecule has 0 aromatic carbocycles. The number of anilines is 2. The Morgan fingerprint density at radius 2 is 2.06 bits per heavy atom. The van der Waals surface area contributed by atoms with Crippen molar-refractivity contribution in [2.75, 3.05) is 29.9 Å². The van der Waals surface area contributed by atoms with Crippen LogP contribution in [0.25, 0.3) is 0 Å². The van der Waals surface area contributed by atoms with Gasteiger partial charge in [-0.05, 0) is 69.9 Å². The summed E-state index contributed by atoms with van der Waals surface area (Å²) in [4.78, 5) is 31.0. The van der Waals surface area contributed by atoms with Gasteiger partial charge in [0.15, 0.2) is 0 Å². The molecule has 8 nitrogen and oxygen atoms in total. The number of nitrogens with two attached hydrogens (primary N) is 1. The first-order valence-corrected chi connectivity index (χ1v) is 12.5. The van der Waals surface area contributed by atoms with Crippen LogP contribution in [-0.2, 0) is 9.59 Å². The molecule has 4 rings (SSSR count). The van der Waals surface area contributed by atoms with E-state index in [1.165, 1.54) is 0 Å². The van der Waals surface area contributed by atoms with Crippen LogP contribution in [0.4, 0.5) is 15.9 Å². The average molecular weight is 483 g/mol. The molecule has 0 spiro atoms. The number of amides is 2. The third kappa shape index (κ3) is 6.48. The van der Waals surface area contributed by atoms with E-state index in [0.29, 0.717) is 49.4 Å². The molecular weight excluding hydrogens is 447 g/mol. The largest absolute Gasteiger partial charge is 0.379 e. The van der Waals surface area contributed by atoms with Gasteiger partial charge in [0.1, 0.15) is 12.0 Å². The number of primary amides is 1. The van der Waals surface area contributed by atoms with Gasteiger partial charge in [0.25, 0.3) is 5.91 Å². The summed E-state index contributed by atoms with van der Waals surface area (Å²) in [5.74, 6) is 0.215. The molecule has 3 heterocycles. The Balaban J connectivity index is 1.57. The molecule has 2 amide bonds. The van der Waals surface area contributed by atoms with E-state index in [0.717, 1.165) is 42.6 Å². The number of piperidine rings is 1. The summed E-state index contributed by atoms with van der Waals surface area (Å²) in [6, 6.07) is 3.35. The summed E-state index contributed by atoms with van der Waals surface area (Å²) in [6.45, 7) is 3.65. The van der Waals surface area contributed by atoms with Crippen molar-refractivity contribution in [1.82, 2.24) is 15.6 Å². The highest BCUT2D eigenvalue weighted by Crippen LogP contribution is 2.25. The van der Waals surface area contributed by atoms with Gasteiger partial charge in [-0.25, -0.2) is 9.37 Å². The highest BCUT2D eigenvalue weighted by atomic mass is 19.1. The van der Waals surface area contributed by atoms with Gasteiger partial charge in [-0.2, -0.15) is 0 Å². The van der Waals surface area contributed by atoms with E-state index in [4.69, 9.17) is 5.73 Å². The lowest BCUT2D eigenvalue weighted by atomic mass is 9.98. The van der Waals surface area contributed by atoms with Gasteiger partial charge in [-0.15, -0.1) is 0 Å². The molecule has 1 aliphatic carbocycles. The lowest BCUT2D eigenvalue weighted by Gasteiger charge is -2.30. The minimum absolute atomic E-state index is 0.138. The summed E-state index contributed by atoms with van der Waals surface area (Å²) in [5.41, 5.74) is 9.21. The molecule has 0 unspecified atom stereocenters. The number of allylic oxidation sites excluding steroid dienone is 3. The molecule has 188 valence electrons. The molecule has 2 aliphatic heterocycles. The highest BCUT2D eigenvalue weighted by Gasteiger charge is 2.26. The number of nitrogens with one attached hydrogen (secondary N) is 3. The first-order chi connectivity index (χ1) is 16.9. The Morgan fingerprint density at radius 3 is 2.80 bits per heavy atom. The number of nitrogens with zero attached hydrogens (tertiary/aromatic N) is 2. The summed E-state index contributed by atoms with van der Waals surface area (Å²) in [7, 11) is 0. The van der Waals surface area contributed by atoms with Crippen LogP contribution in [-0.4, -0.2) is 48.6 Å². The lowest BCUT2D eigenvalue weighted by molar-refractivity contribution is -0.118. The standard InChI is InChI=1S/C26H35FN6O2/c1-17-6-7-18(14-23(20(13-17)26(28)35)32-22-10-11-29-16-21(22)27)31-24-9-8-19(15-30-24)33-12-4-2-3-5-25(33)34/h8-9,13-15,21-22,29,32H,2-7,10-12,16H2,1H3,(H2,28,35)(H,30,31)/t21-,22+/m0/s1. The lowest BCUT2D eigenvalue weighted by Crippen LogP contribution is -2.49. The Morgan fingerprint density at radius 1 is 1.20 bits per heavy atom. The number of hydrogen-bond acceptors (Lipinski definition) is 6. The quantitative estimate of drug-likeness (QED) is 0.496. The van der Waals surface area contributed by atoms with Gasteiger partial charge in [-0.1, -0.05) is 12.0 Å². The number of hydrogen-bond donors (Lipinski definition) is 4. The van der Waals surface area contributed by atoms with Crippen molar-refractivity contribution < 1.29 is 14.0 Å². The van der Waals surface area contributed by atoms with Crippen LogP contribution < -0.4 is 26.6 Å². The van der Waals surface area contributed by atoms with Crippen LogP contribution >= 0.6 is 0 Å². The smallest absolute Gasteiger partial charge is 0.250 e. The predicted octanol–water partition coefficient (Wildman–Crippen LogP) is 3.05. The van der Waals surface area contributed by atoms with E-state index >= 15 is 0 Å². The van der Waals surface area contributed by atoms with Crippen molar-refractivity contribution in [3.63, 3.8) is 0 Å². The third-order valence-electron chi connectivity index (χ3n) is 6.72. The number of rotatable bonds is 6. The average Bonchev–Trinajstić information content (AvgIpc) is 3.05.